The van der Waals surface area contributed by atoms with Crippen LogP contribution in [0.5, 0.6) is 0 Å². The van der Waals surface area contributed by atoms with Crippen molar-refractivity contribution in [3.05, 3.63) is 52.1 Å². The number of aliphatic hydroxyl groups is 1. The molecule has 2 rings (SSSR count). The number of nitrogens with one attached hydrogen (secondary N) is 1. The molecule has 1 aromatic heterocycles. The monoisotopic (exact) mass is 395 g/mol. The average Bonchev–Trinajstić information content (AvgIpc) is 2.72. The summed E-state index contributed by atoms with van der Waals surface area (Å²) in [5, 5.41) is 32.3. The van der Waals surface area contributed by atoms with Gasteiger partial charge >= 0.3 is 0 Å². The highest BCUT2D eigenvalue weighted by molar-refractivity contribution is 7.98. The van der Waals surface area contributed by atoms with Crippen molar-refractivity contribution in [1.29, 1.82) is 10.5 Å². The number of anilines is 1. The number of thioether (sulfide) groups is 1. The highest BCUT2D eigenvalue weighted by atomic mass is 32.2. The number of rotatable bonds is 9. The maximum Gasteiger partial charge on any atom is 0.148 e. The van der Waals surface area contributed by atoms with Crippen LogP contribution in [-0.2, 0) is 18.7 Å². The fourth-order valence-corrected chi connectivity index (χ4v) is 3.89. The van der Waals surface area contributed by atoms with Crippen LogP contribution >= 0.6 is 11.8 Å². The molecule has 0 aliphatic heterocycles. The van der Waals surface area contributed by atoms with Crippen molar-refractivity contribution in [3.63, 3.8) is 0 Å². The van der Waals surface area contributed by atoms with E-state index in [-0.39, 0.29) is 6.61 Å². The molecule has 1 aromatic carbocycles. The fraction of sp³-hybridized carbons (Fsp3) is 0.381. The van der Waals surface area contributed by atoms with Crippen molar-refractivity contribution in [3.8, 4) is 12.1 Å². The van der Waals surface area contributed by atoms with E-state index in [0.29, 0.717) is 46.3 Å². The fourth-order valence-electron chi connectivity index (χ4n) is 2.93. The van der Waals surface area contributed by atoms with E-state index in [1.807, 2.05) is 14.0 Å². The van der Waals surface area contributed by atoms with Gasteiger partial charge in [0.05, 0.1) is 17.7 Å². The lowest BCUT2D eigenvalue weighted by atomic mass is 10.0. The lowest BCUT2D eigenvalue weighted by Crippen LogP contribution is -2.24. The molecule has 0 unspecified atom stereocenters. The first-order valence-electron chi connectivity index (χ1n) is 9.13. The lowest BCUT2D eigenvalue weighted by molar-refractivity contribution is 0.303. The molecule has 28 heavy (non-hydrogen) atoms. The van der Waals surface area contributed by atoms with Gasteiger partial charge in [0.25, 0.3) is 0 Å². The van der Waals surface area contributed by atoms with Crippen LogP contribution in [0.3, 0.4) is 0 Å². The number of nitrogens with zero attached hydrogens (tertiary/aromatic N) is 4. The van der Waals surface area contributed by atoms with Crippen molar-refractivity contribution >= 4 is 17.6 Å². The second kappa shape index (κ2) is 10.7. The SMILES string of the molecule is CCc1c(C#N)c(SCc2ccc(CNC)cc2)nc(N(C)CCO)c1C#N. The van der Waals surface area contributed by atoms with E-state index in [1.165, 1.54) is 17.3 Å². The minimum atomic E-state index is -0.0358. The van der Waals surface area contributed by atoms with E-state index in [0.717, 1.165) is 12.1 Å². The van der Waals surface area contributed by atoms with Crippen LogP contribution in [0.1, 0.15) is 34.7 Å². The summed E-state index contributed by atoms with van der Waals surface area (Å²) < 4.78 is 0. The van der Waals surface area contributed by atoms with Crippen LogP contribution in [0.2, 0.25) is 0 Å². The van der Waals surface area contributed by atoms with Crippen molar-refractivity contribution in [1.82, 2.24) is 10.3 Å². The number of benzene rings is 1. The third-order valence-corrected chi connectivity index (χ3v) is 5.45. The Bertz CT molecular complexity index is 884. The second-order valence-electron chi connectivity index (χ2n) is 6.33. The van der Waals surface area contributed by atoms with Crippen molar-refractivity contribution in [2.24, 2.45) is 0 Å². The van der Waals surface area contributed by atoms with Crippen molar-refractivity contribution in [2.75, 3.05) is 32.1 Å². The molecule has 1 heterocycles. The summed E-state index contributed by atoms with van der Waals surface area (Å²) in [6, 6.07) is 12.8. The lowest BCUT2D eigenvalue weighted by Gasteiger charge is -2.21. The Labute approximate surface area is 170 Å². The number of hydrogen-bond donors (Lipinski definition) is 2. The highest BCUT2D eigenvalue weighted by Gasteiger charge is 2.21. The summed E-state index contributed by atoms with van der Waals surface area (Å²) in [6.45, 7) is 3.09. The summed E-state index contributed by atoms with van der Waals surface area (Å²) in [6.07, 6.45) is 0.570. The number of aliphatic hydroxyl groups excluding tert-OH is 1. The molecule has 0 radical (unpaired) electrons. The summed E-state index contributed by atoms with van der Waals surface area (Å²) in [7, 11) is 3.71. The summed E-state index contributed by atoms with van der Waals surface area (Å²) >= 11 is 1.49. The van der Waals surface area contributed by atoms with Gasteiger partial charge in [0, 0.05) is 25.9 Å². The first-order valence-corrected chi connectivity index (χ1v) is 10.1. The van der Waals surface area contributed by atoms with Crippen molar-refractivity contribution < 1.29 is 5.11 Å². The Hall–Kier alpha value is -2.58. The normalized spacial score (nSPS) is 10.4. The third-order valence-electron chi connectivity index (χ3n) is 4.40. The minimum Gasteiger partial charge on any atom is -0.395 e. The van der Waals surface area contributed by atoms with Crippen LogP contribution in [0.4, 0.5) is 5.82 Å². The number of hydrogen-bond acceptors (Lipinski definition) is 7. The zero-order valence-electron chi connectivity index (χ0n) is 16.5. The van der Waals surface area contributed by atoms with Gasteiger partial charge in [-0.25, -0.2) is 4.98 Å². The Morgan fingerprint density at radius 2 is 1.79 bits per heavy atom. The van der Waals surface area contributed by atoms with Crippen LogP contribution in [0.15, 0.2) is 29.3 Å². The zero-order chi connectivity index (χ0) is 20.5. The van der Waals surface area contributed by atoms with Gasteiger partial charge in [0.1, 0.15) is 23.0 Å². The van der Waals surface area contributed by atoms with E-state index in [2.05, 4.69) is 46.7 Å². The summed E-state index contributed by atoms with van der Waals surface area (Å²) in [4.78, 5) is 6.39. The number of likely N-dealkylation sites (N-methyl/N-ethyl adjacent to an activating group) is 1. The molecule has 0 saturated carbocycles. The molecular weight excluding hydrogens is 370 g/mol. The topological polar surface area (TPSA) is 96.0 Å². The Morgan fingerprint density at radius 3 is 2.32 bits per heavy atom. The predicted octanol–water partition coefficient (Wildman–Crippen LogP) is 2.83. The van der Waals surface area contributed by atoms with Gasteiger partial charge < -0.3 is 15.3 Å². The molecule has 7 heteroatoms. The van der Waals surface area contributed by atoms with Crippen LogP contribution in [-0.4, -0.2) is 37.3 Å². The molecule has 2 aromatic rings. The van der Waals surface area contributed by atoms with E-state index in [1.54, 1.807) is 11.9 Å². The molecule has 0 amide bonds. The summed E-state index contributed by atoms with van der Waals surface area (Å²) in [5.74, 6) is 1.19. The van der Waals surface area contributed by atoms with Crippen LogP contribution in [0.25, 0.3) is 0 Å². The standard InChI is InChI=1S/C21H25N5OS/c1-4-17-18(11-22)20(26(3)9-10-27)25-21(19(17)12-23)28-14-16-7-5-15(6-8-16)13-24-2/h5-8,24,27H,4,9-10,13-14H2,1-3H3. The van der Waals surface area contributed by atoms with Gasteiger partial charge in [-0.3, -0.25) is 0 Å². The van der Waals surface area contributed by atoms with Gasteiger partial charge in [-0.15, -0.1) is 11.8 Å². The van der Waals surface area contributed by atoms with Crippen molar-refractivity contribution in [2.45, 2.75) is 30.7 Å². The average molecular weight is 396 g/mol. The van der Waals surface area contributed by atoms with E-state index in [4.69, 9.17) is 0 Å². The van der Waals surface area contributed by atoms with E-state index < -0.39 is 0 Å². The highest BCUT2D eigenvalue weighted by Crippen LogP contribution is 2.33. The van der Waals surface area contributed by atoms with Gasteiger partial charge in [-0.1, -0.05) is 31.2 Å². The second-order valence-corrected chi connectivity index (χ2v) is 7.29. The molecular formula is C21H25N5OS. The quantitative estimate of drug-likeness (QED) is 0.630. The Morgan fingerprint density at radius 1 is 1.14 bits per heavy atom. The largest absolute Gasteiger partial charge is 0.395 e. The molecule has 0 fully saturated rings. The minimum absolute atomic E-state index is 0.0358. The molecule has 146 valence electrons. The van der Waals surface area contributed by atoms with Gasteiger partial charge in [0.2, 0.25) is 0 Å². The molecule has 2 N–H and O–H groups in total. The number of pyridine rings is 1. The van der Waals surface area contributed by atoms with Crippen LogP contribution in [0, 0.1) is 22.7 Å². The van der Waals surface area contributed by atoms with Gasteiger partial charge in [-0.05, 0) is 30.2 Å². The zero-order valence-corrected chi connectivity index (χ0v) is 17.3. The maximum atomic E-state index is 9.70. The first kappa shape index (κ1) is 21.7. The Balaban J connectivity index is 2.38. The maximum absolute atomic E-state index is 9.70. The molecule has 0 spiro atoms. The molecule has 0 bridgehead atoms. The van der Waals surface area contributed by atoms with Gasteiger partial charge in [-0.2, -0.15) is 10.5 Å². The smallest absolute Gasteiger partial charge is 0.148 e. The molecule has 0 saturated heterocycles. The summed E-state index contributed by atoms with van der Waals surface area (Å²) in [5.41, 5.74) is 3.95. The number of nitriles is 2. The number of aromatic nitrogens is 1. The molecule has 0 aliphatic rings. The molecule has 0 atom stereocenters. The van der Waals surface area contributed by atoms with Gasteiger partial charge in [0.15, 0.2) is 0 Å². The van der Waals surface area contributed by atoms with Crippen LogP contribution < -0.4 is 10.2 Å². The predicted molar refractivity (Wildman–Crippen MR) is 112 cm³/mol. The third kappa shape index (κ3) is 5.02. The molecule has 0 aliphatic carbocycles. The Kier molecular flexibility index (Phi) is 8.28. The van der Waals surface area contributed by atoms with E-state index >= 15 is 0 Å². The first-order chi connectivity index (χ1) is 13.6. The van der Waals surface area contributed by atoms with E-state index in [9.17, 15) is 15.6 Å². The molecule has 6 nitrogen and oxygen atoms in total.